The van der Waals surface area contributed by atoms with E-state index in [1.807, 2.05) is 24.3 Å². The van der Waals surface area contributed by atoms with Gasteiger partial charge in [0, 0.05) is 19.0 Å². The second-order valence-electron chi connectivity index (χ2n) is 4.38. The highest BCUT2D eigenvalue weighted by molar-refractivity contribution is 9.10. The van der Waals surface area contributed by atoms with Crippen molar-refractivity contribution in [2.45, 2.75) is 12.1 Å². The average molecular weight is 439 g/mol. The Bertz CT molecular complexity index is 579. The van der Waals surface area contributed by atoms with Crippen molar-refractivity contribution in [3.63, 3.8) is 0 Å². The first-order chi connectivity index (χ1) is 9.40. The summed E-state index contributed by atoms with van der Waals surface area (Å²) < 4.78 is 1.76. The van der Waals surface area contributed by atoms with E-state index in [4.69, 9.17) is 34.7 Å². The smallest absolute Gasteiger partial charge is 0.0503 e. The molecule has 2 rings (SSSR count). The van der Waals surface area contributed by atoms with E-state index < -0.39 is 12.1 Å². The predicted molar refractivity (Wildman–Crippen MR) is 92.2 cm³/mol. The number of nitrogens with two attached hydrogens (primary N) is 2. The topological polar surface area (TPSA) is 52.0 Å². The van der Waals surface area contributed by atoms with E-state index in [0.717, 1.165) is 20.1 Å². The Morgan fingerprint density at radius 1 is 0.750 bits per heavy atom. The van der Waals surface area contributed by atoms with Crippen molar-refractivity contribution in [2.24, 2.45) is 11.5 Å². The van der Waals surface area contributed by atoms with Crippen LogP contribution in [-0.4, -0.2) is 0 Å². The minimum atomic E-state index is -0.405. The molecule has 2 nitrogen and oxygen atoms in total. The molecular formula is C14H12Br2Cl2N2. The molecule has 106 valence electrons. The first kappa shape index (κ1) is 16.3. The molecule has 0 heterocycles. The van der Waals surface area contributed by atoms with E-state index in [1.54, 1.807) is 12.1 Å². The summed E-state index contributed by atoms with van der Waals surface area (Å²) in [5.41, 5.74) is 14.3. The molecule has 0 spiro atoms. The van der Waals surface area contributed by atoms with Gasteiger partial charge in [0.2, 0.25) is 0 Å². The second kappa shape index (κ2) is 6.77. The second-order valence-corrected chi connectivity index (χ2v) is 6.96. The van der Waals surface area contributed by atoms with Crippen molar-refractivity contribution in [2.75, 3.05) is 0 Å². The summed E-state index contributed by atoms with van der Waals surface area (Å²) in [6.45, 7) is 0. The lowest BCUT2D eigenvalue weighted by Gasteiger charge is -2.23. The third-order valence-corrected chi connectivity index (χ3v) is 4.94. The van der Waals surface area contributed by atoms with Gasteiger partial charge in [-0.25, -0.2) is 0 Å². The molecule has 4 N–H and O–H groups in total. The molecule has 2 aromatic carbocycles. The number of rotatable bonds is 3. The van der Waals surface area contributed by atoms with Crippen molar-refractivity contribution in [3.8, 4) is 0 Å². The fourth-order valence-corrected chi connectivity index (χ4v) is 3.31. The minimum Gasteiger partial charge on any atom is -0.322 e. The van der Waals surface area contributed by atoms with Crippen LogP contribution in [0.1, 0.15) is 23.2 Å². The average Bonchev–Trinajstić information content (AvgIpc) is 2.42. The Morgan fingerprint density at radius 2 is 1.10 bits per heavy atom. The van der Waals surface area contributed by atoms with Crippen LogP contribution < -0.4 is 11.5 Å². The van der Waals surface area contributed by atoms with E-state index in [0.29, 0.717) is 10.0 Å². The zero-order valence-corrected chi connectivity index (χ0v) is 15.0. The normalized spacial score (nSPS) is 14.1. The van der Waals surface area contributed by atoms with E-state index in [9.17, 15) is 0 Å². The highest BCUT2D eigenvalue weighted by atomic mass is 79.9. The fraction of sp³-hybridized carbons (Fsp3) is 0.143. The fourth-order valence-electron chi connectivity index (χ4n) is 1.93. The Morgan fingerprint density at radius 3 is 1.45 bits per heavy atom. The van der Waals surface area contributed by atoms with Gasteiger partial charge in [0.1, 0.15) is 0 Å². The van der Waals surface area contributed by atoms with E-state index in [1.165, 1.54) is 0 Å². The summed E-state index contributed by atoms with van der Waals surface area (Å²) in [6, 6.07) is 10.1. The van der Waals surface area contributed by atoms with Crippen molar-refractivity contribution >= 4 is 55.1 Å². The summed E-state index contributed by atoms with van der Waals surface area (Å²) in [7, 11) is 0. The van der Waals surface area contributed by atoms with Gasteiger partial charge in [-0.1, -0.05) is 55.1 Å². The zero-order chi connectivity index (χ0) is 14.9. The number of halogens is 4. The van der Waals surface area contributed by atoms with E-state index in [-0.39, 0.29) is 0 Å². The molecule has 0 bridgehead atoms. The van der Waals surface area contributed by atoms with Crippen molar-refractivity contribution in [1.29, 1.82) is 0 Å². The number of benzene rings is 2. The van der Waals surface area contributed by atoms with Crippen LogP contribution in [0.15, 0.2) is 45.3 Å². The van der Waals surface area contributed by atoms with Crippen LogP contribution >= 0.6 is 55.1 Å². The quantitative estimate of drug-likeness (QED) is 0.690. The van der Waals surface area contributed by atoms with Crippen LogP contribution in [0.2, 0.25) is 10.0 Å². The third-order valence-electron chi connectivity index (χ3n) is 3.02. The highest BCUT2D eigenvalue weighted by Gasteiger charge is 2.22. The molecule has 0 amide bonds. The zero-order valence-electron chi connectivity index (χ0n) is 10.3. The van der Waals surface area contributed by atoms with Crippen LogP contribution in [0.25, 0.3) is 0 Å². The summed E-state index contributed by atoms with van der Waals surface area (Å²) in [5.74, 6) is 0. The van der Waals surface area contributed by atoms with Crippen molar-refractivity contribution in [1.82, 2.24) is 0 Å². The number of hydrogen-bond acceptors (Lipinski definition) is 2. The molecule has 0 saturated heterocycles. The van der Waals surface area contributed by atoms with Gasteiger partial charge in [-0.15, -0.1) is 0 Å². The first-order valence-electron chi connectivity index (χ1n) is 5.81. The molecule has 2 unspecified atom stereocenters. The van der Waals surface area contributed by atoms with Gasteiger partial charge in [0.05, 0.1) is 12.1 Å². The summed E-state index contributed by atoms with van der Waals surface area (Å²) in [5, 5.41) is 1.24. The number of hydrogen-bond donors (Lipinski definition) is 2. The molecule has 2 atom stereocenters. The lowest BCUT2D eigenvalue weighted by atomic mass is 9.95. The van der Waals surface area contributed by atoms with Gasteiger partial charge in [-0.3, -0.25) is 0 Å². The Labute approximate surface area is 144 Å². The molecule has 20 heavy (non-hydrogen) atoms. The van der Waals surface area contributed by atoms with Crippen LogP contribution in [-0.2, 0) is 0 Å². The lowest BCUT2D eigenvalue weighted by Crippen LogP contribution is -2.27. The maximum absolute atomic E-state index is 6.28. The SMILES string of the molecule is NC(c1cc(Cl)ccc1Br)C(N)c1cc(Cl)ccc1Br. The molecule has 0 fully saturated rings. The lowest BCUT2D eigenvalue weighted by molar-refractivity contribution is 0.570. The monoisotopic (exact) mass is 436 g/mol. The standard InChI is InChI=1S/C14H12Br2Cl2N2/c15-11-3-1-7(17)5-9(11)13(19)14(20)10-6-8(18)2-4-12(10)16/h1-6,13-14H,19-20H2. The van der Waals surface area contributed by atoms with Crippen LogP contribution in [0.5, 0.6) is 0 Å². The van der Waals surface area contributed by atoms with Gasteiger partial charge in [0.15, 0.2) is 0 Å². The molecule has 0 aliphatic heterocycles. The highest BCUT2D eigenvalue weighted by Crippen LogP contribution is 2.35. The molecule has 0 radical (unpaired) electrons. The predicted octanol–water partition coefficient (Wildman–Crippen LogP) is 5.22. The summed E-state index contributed by atoms with van der Waals surface area (Å²) in [6.07, 6.45) is 0. The van der Waals surface area contributed by atoms with Gasteiger partial charge in [0.25, 0.3) is 0 Å². The molecule has 0 aliphatic carbocycles. The van der Waals surface area contributed by atoms with Crippen LogP contribution in [0, 0.1) is 0 Å². The van der Waals surface area contributed by atoms with E-state index >= 15 is 0 Å². The molecular weight excluding hydrogens is 427 g/mol. The Hall–Kier alpha value is -0.100. The van der Waals surface area contributed by atoms with Crippen LogP contribution in [0.3, 0.4) is 0 Å². The molecule has 0 aliphatic rings. The molecule has 6 heteroatoms. The van der Waals surface area contributed by atoms with E-state index in [2.05, 4.69) is 31.9 Å². The molecule has 2 aromatic rings. The van der Waals surface area contributed by atoms with Crippen LogP contribution in [0.4, 0.5) is 0 Å². The Kier molecular flexibility index (Phi) is 5.51. The maximum atomic E-state index is 6.28. The van der Waals surface area contributed by atoms with Gasteiger partial charge in [-0.05, 0) is 47.5 Å². The van der Waals surface area contributed by atoms with Crippen molar-refractivity contribution < 1.29 is 0 Å². The van der Waals surface area contributed by atoms with Gasteiger partial charge in [-0.2, -0.15) is 0 Å². The van der Waals surface area contributed by atoms with Crippen molar-refractivity contribution in [3.05, 3.63) is 66.5 Å². The van der Waals surface area contributed by atoms with Gasteiger partial charge < -0.3 is 11.5 Å². The first-order valence-corrected chi connectivity index (χ1v) is 8.15. The maximum Gasteiger partial charge on any atom is 0.0503 e. The molecule has 0 saturated carbocycles. The minimum absolute atomic E-state index is 0.405. The van der Waals surface area contributed by atoms with Gasteiger partial charge >= 0.3 is 0 Å². The largest absolute Gasteiger partial charge is 0.322 e. The summed E-state index contributed by atoms with van der Waals surface area (Å²) >= 11 is 19.0. The Balaban J connectivity index is 2.39. The summed E-state index contributed by atoms with van der Waals surface area (Å²) in [4.78, 5) is 0. The molecule has 0 aromatic heterocycles. The third kappa shape index (κ3) is 3.56.